The zero-order valence-electron chi connectivity index (χ0n) is 11.5. The molecule has 2 heterocycles. The molecule has 1 N–H and O–H groups in total. The lowest BCUT2D eigenvalue weighted by atomic mass is 10.3. The van der Waals surface area contributed by atoms with Crippen LogP contribution in [0, 0.1) is 0 Å². The van der Waals surface area contributed by atoms with Crippen LogP contribution in [-0.2, 0) is 6.61 Å². The molecule has 0 radical (unpaired) electrons. The van der Waals surface area contributed by atoms with Crippen LogP contribution in [0.15, 0.2) is 54.9 Å². The van der Waals surface area contributed by atoms with Gasteiger partial charge in [0.25, 0.3) is 5.91 Å². The summed E-state index contributed by atoms with van der Waals surface area (Å²) >= 11 is 1.28. The van der Waals surface area contributed by atoms with Crippen LogP contribution in [0.5, 0.6) is 5.75 Å². The molecule has 0 spiro atoms. The van der Waals surface area contributed by atoms with Crippen molar-refractivity contribution in [1.82, 2.24) is 15.2 Å². The van der Waals surface area contributed by atoms with E-state index in [0.29, 0.717) is 22.3 Å². The first kappa shape index (κ1) is 14.2. The van der Waals surface area contributed by atoms with Crippen molar-refractivity contribution in [3.05, 3.63) is 65.4 Å². The molecule has 0 fully saturated rings. The van der Waals surface area contributed by atoms with E-state index in [-0.39, 0.29) is 5.91 Å². The highest BCUT2D eigenvalue weighted by Crippen LogP contribution is 2.18. The highest BCUT2D eigenvalue weighted by Gasteiger charge is 2.10. The number of ether oxygens (including phenoxy) is 1. The van der Waals surface area contributed by atoms with E-state index >= 15 is 0 Å². The van der Waals surface area contributed by atoms with E-state index in [1.165, 1.54) is 17.5 Å². The van der Waals surface area contributed by atoms with Gasteiger partial charge in [-0.3, -0.25) is 15.1 Å². The zero-order valence-corrected chi connectivity index (χ0v) is 12.3. The lowest BCUT2D eigenvalue weighted by Gasteiger charge is -2.02. The molecule has 0 bridgehead atoms. The first-order valence-corrected chi connectivity index (χ1v) is 7.34. The molecule has 3 rings (SSSR count). The minimum absolute atomic E-state index is 0.264. The molecule has 0 aliphatic heterocycles. The zero-order chi connectivity index (χ0) is 15.2. The molecule has 7 heteroatoms. The first-order chi connectivity index (χ1) is 10.8. The number of carbonyl (C=O) groups excluding carboxylic acids is 1. The second kappa shape index (κ2) is 6.77. The standard InChI is InChI=1S/C15H12N4O2S/c20-14(11-5-4-8-16-9-11)17-15-19-18-13(22-15)10-21-12-6-2-1-3-7-12/h1-9H,10H2,(H,17,19,20). The van der Waals surface area contributed by atoms with E-state index in [1.54, 1.807) is 18.3 Å². The predicted octanol–water partition coefficient (Wildman–Crippen LogP) is 2.76. The molecule has 2 aromatic heterocycles. The number of para-hydroxylation sites is 1. The van der Waals surface area contributed by atoms with Gasteiger partial charge >= 0.3 is 0 Å². The van der Waals surface area contributed by atoms with E-state index in [2.05, 4.69) is 20.5 Å². The Kier molecular flexibility index (Phi) is 4.35. The highest BCUT2D eigenvalue weighted by molar-refractivity contribution is 7.15. The number of benzene rings is 1. The number of amides is 1. The van der Waals surface area contributed by atoms with Crippen molar-refractivity contribution in [3.8, 4) is 5.75 Å². The Morgan fingerprint density at radius 3 is 2.77 bits per heavy atom. The maximum Gasteiger partial charge on any atom is 0.259 e. The predicted molar refractivity (Wildman–Crippen MR) is 82.9 cm³/mol. The first-order valence-electron chi connectivity index (χ1n) is 6.53. The number of hydrogen-bond donors (Lipinski definition) is 1. The molecule has 0 aliphatic rings. The Labute approximate surface area is 130 Å². The summed E-state index contributed by atoms with van der Waals surface area (Å²) in [6, 6.07) is 12.8. The lowest BCUT2D eigenvalue weighted by molar-refractivity contribution is 0.102. The number of nitrogens with one attached hydrogen (secondary N) is 1. The second-order valence-corrected chi connectivity index (χ2v) is 5.36. The third kappa shape index (κ3) is 3.64. The minimum Gasteiger partial charge on any atom is -0.486 e. The molecule has 1 amide bonds. The Morgan fingerprint density at radius 1 is 1.14 bits per heavy atom. The lowest BCUT2D eigenvalue weighted by Crippen LogP contribution is -2.11. The molecule has 6 nitrogen and oxygen atoms in total. The van der Waals surface area contributed by atoms with E-state index < -0.39 is 0 Å². The average molecular weight is 312 g/mol. The second-order valence-electron chi connectivity index (χ2n) is 4.30. The molecule has 1 aromatic carbocycles. The van der Waals surface area contributed by atoms with Crippen molar-refractivity contribution in [2.24, 2.45) is 0 Å². The molecule has 0 saturated carbocycles. The van der Waals surface area contributed by atoms with Gasteiger partial charge in [0, 0.05) is 12.4 Å². The van der Waals surface area contributed by atoms with E-state index in [9.17, 15) is 4.79 Å². The van der Waals surface area contributed by atoms with Crippen molar-refractivity contribution in [2.75, 3.05) is 5.32 Å². The monoisotopic (exact) mass is 312 g/mol. The quantitative estimate of drug-likeness (QED) is 0.784. The van der Waals surface area contributed by atoms with E-state index in [4.69, 9.17) is 4.74 Å². The van der Waals surface area contributed by atoms with Gasteiger partial charge in [0.2, 0.25) is 5.13 Å². The van der Waals surface area contributed by atoms with Crippen LogP contribution in [0.1, 0.15) is 15.4 Å². The maximum atomic E-state index is 12.0. The van der Waals surface area contributed by atoms with Crippen LogP contribution in [0.3, 0.4) is 0 Å². The van der Waals surface area contributed by atoms with Gasteiger partial charge in [-0.15, -0.1) is 10.2 Å². The fourth-order valence-electron chi connectivity index (χ4n) is 1.69. The third-order valence-electron chi connectivity index (χ3n) is 2.72. The van der Waals surface area contributed by atoms with Gasteiger partial charge in [-0.2, -0.15) is 0 Å². The average Bonchev–Trinajstić information content (AvgIpc) is 3.02. The molecule has 0 atom stereocenters. The summed E-state index contributed by atoms with van der Waals surface area (Å²) in [6.45, 7) is 0.310. The van der Waals surface area contributed by atoms with E-state index in [1.807, 2.05) is 30.3 Å². The number of aromatic nitrogens is 3. The SMILES string of the molecule is O=C(Nc1nnc(COc2ccccc2)s1)c1cccnc1. The fourth-order valence-corrected chi connectivity index (χ4v) is 2.34. The van der Waals surface area contributed by atoms with Gasteiger partial charge in [-0.25, -0.2) is 0 Å². The number of pyridine rings is 1. The summed E-state index contributed by atoms with van der Waals surface area (Å²) in [5.41, 5.74) is 0.472. The van der Waals surface area contributed by atoms with Crippen LogP contribution >= 0.6 is 11.3 Å². The van der Waals surface area contributed by atoms with Crippen molar-refractivity contribution in [3.63, 3.8) is 0 Å². The Morgan fingerprint density at radius 2 is 2.00 bits per heavy atom. The summed E-state index contributed by atoms with van der Waals surface area (Å²) < 4.78 is 5.58. The third-order valence-corrected chi connectivity index (χ3v) is 3.53. The number of anilines is 1. The van der Waals surface area contributed by atoms with Gasteiger partial charge in [0.1, 0.15) is 12.4 Å². The number of nitrogens with zero attached hydrogens (tertiary/aromatic N) is 3. The smallest absolute Gasteiger partial charge is 0.259 e. The molecular weight excluding hydrogens is 300 g/mol. The van der Waals surface area contributed by atoms with Crippen molar-refractivity contribution in [2.45, 2.75) is 6.61 Å². The van der Waals surface area contributed by atoms with Gasteiger partial charge in [0.05, 0.1) is 5.56 Å². The highest BCUT2D eigenvalue weighted by atomic mass is 32.1. The van der Waals surface area contributed by atoms with Crippen LogP contribution in [0.2, 0.25) is 0 Å². The van der Waals surface area contributed by atoms with Crippen LogP contribution in [0.25, 0.3) is 0 Å². The van der Waals surface area contributed by atoms with Gasteiger partial charge < -0.3 is 4.74 Å². The summed E-state index contributed by atoms with van der Waals surface area (Å²) in [5.74, 6) is 0.499. The maximum absolute atomic E-state index is 12.0. The molecule has 3 aromatic rings. The molecule has 22 heavy (non-hydrogen) atoms. The topological polar surface area (TPSA) is 77.0 Å². The molecule has 0 saturated heterocycles. The molecule has 110 valence electrons. The largest absolute Gasteiger partial charge is 0.486 e. The molecular formula is C15H12N4O2S. The normalized spacial score (nSPS) is 10.2. The van der Waals surface area contributed by atoms with Crippen LogP contribution in [-0.4, -0.2) is 21.1 Å². The van der Waals surface area contributed by atoms with Crippen LogP contribution < -0.4 is 10.1 Å². The van der Waals surface area contributed by atoms with Gasteiger partial charge in [0.15, 0.2) is 5.01 Å². The summed E-state index contributed by atoms with van der Waals surface area (Å²) in [7, 11) is 0. The Hall–Kier alpha value is -2.80. The Balaban J connectivity index is 1.58. The minimum atomic E-state index is -0.264. The summed E-state index contributed by atoms with van der Waals surface area (Å²) in [4.78, 5) is 15.9. The fraction of sp³-hybridized carbons (Fsp3) is 0.0667. The van der Waals surface area contributed by atoms with E-state index in [0.717, 1.165) is 5.75 Å². The summed E-state index contributed by atoms with van der Waals surface area (Å²) in [6.07, 6.45) is 3.11. The molecule has 0 aliphatic carbocycles. The summed E-state index contributed by atoms with van der Waals surface area (Å²) in [5, 5.41) is 11.7. The number of hydrogen-bond acceptors (Lipinski definition) is 6. The van der Waals surface area contributed by atoms with Crippen molar-refractivity contribution >= 4 is 22.4 Å². The number of carbonyl (C=O) groups is 1. The van der Waals surface area contributed by atoms with Gasteiger partial charge in [-0.05, 0) is 24.3 Å². The van der Waals surface area contributed by atoms with Crippen molar-refractivity contribution in [1.29, 1.82) is 0 Å². The van der Waals surface area contributed by atoms with Crippen molar-refractivity contribution < 1.29 is 9.53 Å². The molecule has 0 unspecified atom stereocenters. The Bertz CT molecular complexity index is 747. The van der Waals surface area contributed by atoms with Gasteiger partial charge in [-0.1, -0.05) is 29.5 Å². The van der Waals surface area contributed by atoms with Crippen LogP contribution in [0.4, 0.5) is 5.13 Å². The number of rotatable bonds is 5.